The van der Waals surface area contributed by atoms with Crippen molar-refractivity contribution in [2.75, 3.05) is 44.2 Å². The lowest BCUT2D eigenvalue weighted by Gasteiger charge is -2.21. The second-order valence-electron chi connectivity index (χ2n) is 9.44. The van der Waals surface area contributed by atoms with Gasteiger partial charge in [0, 0.05) is 32.3 Å². The number of fused-ring (bicyclic) bond motifs is 2. The average Bonchev–Trinajstić information content (AvgIpc) is 3.19. The normalized spacial score (nSPS) is 35.2. The van der Waals surface area contributed by atoms with E-state index in [1.165, 1.54) is 45.3 Å². The molecular formula is C21H30N6O. The number of hydrogen-bond acceptors (Lipinski definition) is 6. The second kappa shape index (κ2) is 6.66. The van der Waals surface area contributed by atoms with Crippen molar-refractivity contribution < 1.29 is 5.11 Å². The summed E-state index contributed by atoms with van der Waals surface area (Å²) in [6, 6.07) is 0.441. The van der Waals surface area contributed by atoms with Crippen LogP contribution in [0.25, 0.3) is 11.2 Å². The Morgan fingerprint density at radius 2 is 1.93 bits per heavy atom. The summed E-state index contributed by atoms with van der Waals surface area (Å²) in [6.45, 7) is 6.24. The summed E-state index contributed by atoms with van der Waals surface area (Å²) >= 11 is 0. The minimum Gasteiger partial charge on any atom is -0.396 e. The van der Waals surface area contributed by atoms with Crippen molar-refractivity contribution in [3.05, 3.63) is 12.7 Å². The van der Waals surface area contributed by atoms with E-state index in [2.05, 4.69) is 24.3 Å². The van der Waals surface area contributed by atoms with Crippen molar-refractivity contribution in [2.24, 2.45) is 23.7 Å². The molecule has 7 nitrogen and oxygen atoms in total. The molecule has 0 aromatic carbocycles. The Hall–Kier alpha value is -1.73. The Labute approximate surface area is 165 Å². The van der Waals surface area contributed by atoms with Gasteiger partial charge in [-0.1, -0.05) is 0 Å². The number of hydrogen-bond donors (Lipinski definition) is 1. The largest absolute Gasteiger partial charge is 0.396 e. The number of aliphatic hydroxyl groups is 1. The summed E-state index contributed by atoms with van der Waals surface area (Å²) in [4.78, 5) is 19.1. The average molecular weight is 383 g/mol. The quantitative estimate of drug-likeness (QED) is 0.852. The maximum Gasteiger partial charge on any atom is 0.165 e. The Kier molecular flexibility index (Phi) is 4.08. The van der Waals surface area contributed by atoms with Crippen LogP contribution in [0.3, 0.4) is 0 Å². The first kappa shape index (κ1) is 17.2. The smallest absolute Gasteiger partial charge is 0.165 e. The summed E-state index contributed by atoms with van der Waals surface area (Å²) in [6.07, 6.45) is 9.96. The molecule has 6 rings (SSSR count). The maximum atomic E-state index is 9.65. The van der Waals surface area contributed by atoms with Gasteiger partial charge in [0.05, 0.1) is 6.33 Å². The molecule has 0 bridgehead atoms. The van der Waals surface area contributed by atoms with Gasteiger partial charge in [-0.2, -0.15) is 0 Å². The fraction of sp³-hybridized carbons (Fsp3) is 0.762. The molecule has 4 heterocycles. The first-order chi connectivity index (χ1) is 13.8. The monoisotopic (exact) mass is 382 g/mol. The minimum absolute atomic E-state index is 0.316. The zero-order valence-corrected chi connectivity index (χ0v) is 16.5. The van der Waals surface area contributed by atoms with E-state index < -0.39 is 0 Å². The maximum absolute atomic E-state index is 9.65. The summed E-state index contributed by atoms with van der Waals surface area (Å²) in [5.41, 5.74) is 1.93. The molecule has 28 heavy (non-hydrogen) atoms. The molecule has 4 aliphatic rings. The number of nitrogens with zero attached hydrogens (tertiary/aromatic N) is 6. The van der Waals surface area contributed by atoms with Gasteiger partial charge >= 0.3 is 0 Å². The highest BCUT2D eigenvalue weighted by molar-refractivity contribution is 5.83. The molecule has 2 saturated heterocycles. The lowest BCUT2D eigenvalue weighted by molar-refractivity contribution is 0.208. The number of likely N-dealkylation sites (tertiary alicyclic amines) is 1. The molecular weight excluding hydrogens is 352 g/mol. The number of imidazole rings is 1. The molecule has 150 valence electrons. The predicted octanol–water partition coefficient (Wildman–Crippen LogP) is 1.94. The van der Waals surface area contributed by atoms with Crippen LogP contribution in [0, 0.1) is 23.7 Å². The zero-order valence-electron chi connectivity index (χ0n) is 16.5. The molecule has 7 heteroatoms. The molecule has 2 aromatic rings. The predicted molar refractivity (Wildman–Crippen MR) is 107 cm³/mol. The van der Waals surface area contributed by atoms with Crippen molar-refractivity contribution in [2.45, 2.75) is 38.1 Å². The second-order valence-corrected chi connectivity index (χ2v) is 9.44. The molecule has 5 atom stereocenters. The highest BCUT2D eigenvalue weighted by Gasteiger charge is 2.54. The Morgan fingerprint density at radius 1 is 1.04 bits per heavy atom. The van der Waals surface area contributed by atoms with E-state index in [9.17, 15) is 5.11 Å². The number of anilines is 1. The van der Waals surface area contributed by atoms with E-state index in [1.807, 2.05) is 6.33 Å². The van der Waals surface area contributed by atoms with Crippen LogP contribution in [0.2, 0.25) is 0 Å². The van der Waals surface area contributed by atoms with Crippen molar-refractivity contribution in [3.8, 4) is 0 Å². The van der Waals surface area contributed by atoms with Gasteiger partial charge in [0.2, 0.25) is 0 Å². The third-order valence-corrected chi connectivity index (χ3v) is 7.77. The van der Waals surface area contributed by atoms with Gasteiger partial charge in [0.1, 0.15) is 6.33 Å². The summed E-state index contributed by atoms with van der Waals surface area (Å²) < 4.78 is 2.28. The Bertz CT molecular complexity index is 862. The molecule has 0 amide bonds. The topological polar surface area (TPSA) is 70.3 Å². The summed E-state index contributed by atoms with van der Waals surface area (Å²) in [5.74, 6) is 3.61. The summed E-state index contributed by atoms with van der Waals surface area (Å²) in [7, 11) is 0. The van der Waals surface area contributed by atoms with Crippen molar-refractivity contribution in [1.82, 2.24) is 24.4 Å². The molecule has 4 fully saturated rings. The van der Waals surface area contributed by atoms with Crippen LogP contribution in [-0.2, 0) is 0 Å². The minimum atomic E-state index is 0.316. The third kappa shape index (κ3) is 2.74. The van der Waals surface area contributed by atoms with Gasteiger partial charge in [-0.15, -0.1) is 0 Å². The number of aromatic nitrogens is 4. The third-order valence-electron chi connectivity index (χ3n) is 7.77. The van der Waals surface area contributed by atoms with Crippen LogP contribution in [0.4, 0.5) is 5.82 Å². The van der Waals surface area contributed by atoms with E-state index in [1.54, 1.807) is 6.33 Å². The molecule has 1 unspecified atom stereocenters. The number of aliphatic hydroxyl groups excluding tert-OH is 1. The van der Waals surface area contributed by atoms with Crippen LogP contribution >= 0.6 is 0 Å². The van der Waals surface area contributed by atoms with Gasteiger partial charge in [-0.3, -0.25) is 0 Å². The van der Waals surface area contributed by atoms with Crippen LogP contribution in [0.15, 0.2) is 12.7 Å². The first-order valence-electron chi connectivity index (χ1n) is 11.1. The van der Waals surface area contributed by atoms with E-state index in [0.717, 1.165) is 42.4 Å². The molecule has 1 N–H and O–H groups in total. The lowest BCUT2D eigenvalue weighted by Crippen LogP contribution is -2.29. The van der Waals surface area contributed by atoms with Gasteiger partial charge < -0.3 is 19.5 Å². The molecule has 2 aromatic heterocycles. The standard InChI is InChI=1S/C21H30N6O/c28-11-15-7-18(17-8-16(15)17)27-13-24-19-20(22-12-23-21(19)27)26-6-3-14(10-26)9-25-4-1-2-5-25/h12-18,28H,1-11H2/t14?,15-,16-,17-,18-/m0/s1. The molecule has 0 radical (unpaired) electrons. The SMILES string of the molecule is OC[C@@H]1C[C@H](n2cnc3c(N4CCC(CN5CCCC5)C4)ncnc32)[C@H]2C[C@@H]12. The lowest BCUT2D eigenvalue weighted by atomic mass is 10.0. The highest BCUT2D eigenvalue weighted by atomic mass is 16.3. The van der Waals surface area contributed by atoms with E-state index >= 15 is 0 Å². The molecule has 2 saturated carbocycles. The highest BCUT2D eigenvalue weighted by Crippen LogP contribution is 2.60. The first-order valence-corrected chi connectivity index (χ1v) is 11.1. The van der Waals surface area contributed by atoms with Crippen LogP contribution in [0.5, 0.6) is 0 Å². The van der Waals surface area contributed by atoms with E-state index in [-0.39, 0.29) is 0 Å². The van der Waals surface area contributed by atoms with Crippen LogP contribution in [-0.4, -0.2) is 68.9 Å². The van der Waals surface area contributed by atoms with Crippen molar-refractivity contribution >= 4 is 17.0 Å². The molecule has 2 aliphatic carbocycles. The van der Waals surface area contributed by atoms with Crippen molar-refractivity contribution in [1.29, 1.82) is 0 Å². The van der Waals surface area contributed by atoms with Gasteiger partial charge in [0.25, 0.3) is 0 Å². The Balaban J connectivity index is 1.23. The van der Waals surface area contributed by atoms with Crippen LogP contribution in [0.1, 0.15) is 38.1 Å². The van der Waals surface area contributed by atoms with Crippen molar-refractivity contribution in [3.63, 3.8) is 0 Å². The van der Waals surface area contributed by atoms with Crippen LogP contribution < -0.4 is 4.90 Å². The van der Waals surface area contributed by atoms with E-state index in [4.69, 9.17) is 4.98 Å². The van der Waals surface area contributed by atoms with Gasteiger partial charge in [0.15, 0.2) is 17.0 Å². The van der Waals surface area contributed by atoms with Gasteiger partial charge in [-0.25, -0.2) is 15.0 Å². The summed E-state index contributed by atoms with van der Waals surface area (Å²) in [5, 5.41) is 9.65. The van der Waals surface area contributed by atoms with E-state index in [0.29, 0.717) is 30.4 Å². The zero-order chi connectivity index (χ0) is 18.7. The fourth-order valence-corrected chi connectivity index (χ4v) is 6.23. The Morgan fingerprint density at radius 3 is 2.75 bits per heavy atom. The fourth-order valence-electron chi connectivity index (χ4n) is 6.23. The number of rotatable bonds is 5. The molecule has 0 spiro atoms. The molecule has 2 aliphatic heterocycles. The van der Waals surface area contributed by atoms with Gasteiger partial charge in [-0.05, 0) is 68.9 Å².